The summed E-state index contributed by atoms with van der Waals surface area (Å²) in [6, 6.07) is 48.9. The molecule has 0 spiro atoms. The van der Waals surface area contributed by atoms with E-state index in [0.29, 0.717) is 12.6 Å². The molecule has 0 atom stereocenters. The van der Waals surface area contributed by atoms with Crippen molar-refractivity contribution in [2.45, 2.75) is 99.8 Å². The number of nitrogens with zero attached hydrogens (tertiary/aromatic N) is 4. The van der Waals surface area contributed by atoms with Crippen molar-refractivity contribution in [3.05, 3.63) is 167 Å². The van der Waals surface area contributed by atoms with Gasteiger partial charge in [0.1, 0.15) is 24.0 Å². The first-order valence-corrected chi connectivity index (χ1v) is 22.6. The van der Waals surface area contributed by atoms with Gasteiger partial charge >= 0.3 is 0 Å². The monoisotopic (exact) mass is 830 g/mol. The summed E-state index contributed by atoms with van der Waals surface area (Å²) in [7, 11) is 0. The van der Waals surface area contributed by atoms with Crippen molar-refractivity contribution in [2.75, 3.05) is 16.5 Å². The number of pyridine rings is 1. The van der Waals surface area contributed by atoms with Gasteiger partial charge in [0, 0.05) is 40.5 Å². The molecule has 5 heteroatoms. The van der Waals surface area contributed by atoms with Crippen LogP contribution in [0.15, 0.2) is 140 Å². The van der Waals surface area contributed by atoms with E-state index < -0.39 is 0 Å². The van der Waals surface area contributed by atoms with Crippen molar-refractivity contribution < 1.29 is 4.74 Å². The summed E-state index contributed by atoms with van der Waals surface area (Å²) >= 11 is 0. The maximum absolute atomic E-state index is 7.07. The molecule has 3 heterocycles. The fourth-order valence-electron chi connectivity index (χ4n) is 9.07. The molecule has 8 aromatic rings. The molecule has 1 aliphatic heterocycles. The first kappa shape index (κ1) is 42.0. The summed E-state index contributed by atoms with van der Waals surface area (Å²) in [5, 5.41) is 2.35. The largest absolute Gasteiger partial charge is 0.457 e. The summed E-state index contributed by atoms with van der Waals surface area (Å²) in [6.07, 6.45) is 1.93. The Hall–Kier alpha value is -6.33. The zero-order valence-electron chi connectivity index (χ0n) is 39.3. The van der Waals surface area contributed by atoms with Gasteiger partial charge in [-0.2, -0.15) is 0 Å². The summed E-state index contributed by atoms with van der Waals surface area (Å²) in [4.78, 5) is 9.88. The van der Waals surface area contributed by atoms with E-state index >= 15 is 0 Å². The minimum atomic E-state index is -0.0246. The second-order valence-corrected chi connectivity index (χ2v) is 20.6. The molecule has 0 aliphatic carbocycles. The second-order valence-electron chi connectivity index (χ2n) is 20.6. The van der Waals surface area contributed by atoms with Crippen LogP contribution in [0.4, 0.5) is 22.7 Å². The Bertz CT molecular complexity index is 3030. The van der Waals surface area contributed by atoms with Gasteiger partial charge in [-0.05, 0) is 142 Å². The molecular weight excluding hydrogens is 769 g/mol. The number of anilines is 4. The Kier molecular flexibility index (Phi) is 10.3. The molecule has 9 rings (SSSR count). The van der Waals surface area contributed by atoms with Gasteiger partial charge in [-0.15, -0.1) is 0 Å². The van der Waals surface area contributed by atoms with Gasteiger partial charge in [-0.1, -0.05) is 124 Å². The Labute approximate surface area is 375 Å². The molecular formula is C58H62N4O. The van der Waals surface area contributed by atoms with Crippen LogP contribution >= 0.6 is 0 Å². The molecule has 1 aliphatic rings. The molecule has 5 nitrogen and oxygen atoms in total. The summed E-state index contributed by atoms with van der Waals surface area (Å²) in [5.74, 6) is 2.80. The highest BCUT2D eigenvalue weighted by Crippen LogP contribution is 2.49. The summed E-state index contributed by atoms with van der Waals surface area (Å²) < 4.78 is 9.35. The maximum Gasteiger partial charge on any atom is 0.137 e. The molecule has 63 heavy (non-hydrogen) atoms. The van der Waals surface area contributed by atoms with Gasteiger partial charge < -0.3 is 14.5 Å². The highest BCUT2D eigenvalue weighted by atomic mass is 16.5. The molecule has 320 valence electrons. The minimum Gasteiger partial charge on any atom is -0.457 e. The Balaban J connectivity index is 1.19. The first-order chi connectivity index (χ1) is 29.9. The van der Waals surface area contributed by atoms with Gasteiger partial charge in [0.2, 0.25) is 0 Å². The highest BCUT2D eigenvalue weighted by Gasteiger charge is 2.36. The molecule has 0 saturated heterocycles. The van der Waals surface area contributed by atoms with Crippen LogP contribution in [-0.4, -0.2) is 16.2 Å². The average Bonchev–Trinajstić information content (AvgIpc) is 3.78. The van der Waals surface area contributed by atoms with Crippen molar-refractivity contribution in [3.63, 3.8) is 0 Å². The molecule has 0 bridgehead atoms. The SMILES string of the molecule is Cc1cc2c(cc1C)N(c1cccc(C(C)(C)C(C)(C)C)c1)CN2c1cc(Oc2ccc3c4ccccc4n(-c4cc(C(C)(C)C)ccn4)c3c2)cc(-c2ccccc2C(C)C)c1. The summed E-state index contributed by atoms with van der Waals surface area (Å²) in [5.41, 5.74) is 15.7. The van der Waals surface area contributed by atoms with Crippen molar-refractivity contribution in [1.29, 1.82) is 0 Å². The lowest BCUT2D eigenvalue weighted by Gasteiger charge is -2.40. The maximum atomic E-state index is 7.07. The lowest BCUT2D eigenvalue weighted by Crippen LogP contribution is -2.34. The molecule has 0 N–H and O–H groups in total. The fraction of sp³-hybridized carbons (Fsp3) is 0.293. The smallest absolute Gasteiger partial charge is 0.137 e. The Morgan fingerprint density at radius 3 is 1.97 bits per heavy atom. The van der Waals surface area contributed by atoms with Gasteiger partial charge in [-0.25, -0.2) is 4.98 Å². The lowest BCUT2D eigenvalue weighted by molar-refractivity contribution is 0.225. The van der Waals surface area contributed by atoms with Crippen LogP contribution in [0.1, 0.15) is 103 Å². The van der Waals surface area contributed by atoms with E-state index in [4.69, 9.17) is 9.72 Å². The number of para-hydroxylation sites is 1. The van der Waals surface area contributed by atoms with Crippen LogP contribution < -0.4 is 14.5 Å². The van der Waals surface area contributed by atoms with Crippen LogP contribution in [0.25, 0.3) is 38.8 Å². The van der Waals surface area contributed by atoms with E-state index in [2.05, 4.69) is 231 Å². The molecule has 2 aromatic heterocycles. The predicted octanol–water partition coefficient (Wildman–Crippen LogP) is 16.2. The van der Waals surface area contributed by atoms with Gasteiger partial charge in [0.25, 0.3) is 0 Å². The molecule has 0 amide bonds. The molecule has 0 fully saturated rings. The Morgan fingerprint density at radius 2 is 1.25 bits per heavy atom. The van der Waals surface area contributed by atoms with Crippen molar-refractivity contribution in [2.24, 2.45) is 5.41 Å². The second kappa shape index (κ2) is 15.5. The Morgan fingerprint density at radius 1 is 0.571 bits per heavy atom. The lowest BCUT2D eigenvalue weighted by atomic mass is 9.65. The number of fused-ring (bicyclic) bond motifs is 4. The number of rotatable bonds is 8. The molecule has 6 aromatic carbocycles. The van der Waals surface area contributed by atoms with Crippen molar-refractivity contribution in [1.82, 2.24) is 9.55 Å². The van der Waals surface area contributed by atoms with Crippen LogP contribution in [0.5, 0.6) is 11.5 Å². The third kappa shape index (κ3) is 7.56. The molecule has 0 unspecified atom stereocenters. The zero-order valence-corrected chi connectivity index (χ0v) is 39.3. The third-order valence-corrected chi connectivity index (χ3v) is 14.0. The van der Waals surface area contributed by atoms with Crippen molar-refractivity contribution in [3.8, 4) is 28.4 Å². The highest BCUT2D eigenvalue weighted by molar-refractivity contribution is 6.09. The number of hydrogen-bond donors (Lipinski definition) is 0. The van der Waals surface area contributed by atoms with E-state index in [1.807, 2.05) is 6.20 Å². The summed E-state index contributed by atoms with van der Waals surface area (Å²) in [6.45, 7) is 28.1. The average molecular weight is 831 g/mol. The number of aromatic nitrogens is 2. The minimum absolute atomic E-state index is 0.0146. The van der Waals surface area contributed by atoms with Crippen LogP contribution in [0.2, 0.25) is 0 Å². The number of benzene rings is 6. The number of hydrogen-bond acceptors (Lipinski definition) is 4. The van der Waals surface area contributed by atoms with Crippen LogP contribution in [0.3, 0.4) is 0 Å². The topological polar surface area (TPSA) is 33.5 Å². The van der Waals surface area contributed by atoms with Crippen LogP contribution in [-0.2, 0) is 10.8 Å². The molecule has 0 radical (unpaired) electrons. The quantitative estimate of drug-likeness (QED) is 0.153. The van der Waals surface area contributed by atoms with Gasteiger partial charge in [0.15, 0.2) is 0 Å². The van der Waals surface area contributed by atoms with Gasteiger partial charge in [-0.3, -0.25) is 4.57 Å². The van der Waals surface area contributed by atoms with E-state index in [1.165, 1.54) is 55.8 Å². The van der Waals surface area contributed by atoms with Crippen molar-refractivity contribution >= 4 is 44.6 Å². The van der Waals surface area contributed by atoms with E-state index in [-0.39, 0.29) is 16.2 Å². The van der Waals surface area contributed by atoms with E-state index in [1.54, 1.807) is 0 Å². The fourth-order valence-corrected chi connectivity index (χ4v) is 9.07. The standard InChI is InChI=1S/C58H62N4O/c1-37(2)47-20-13-14-21-48(47)40-30-44(61-36-60(53-28-38(3)39(4)29-54(53)61)43-19-17-18-42(32-43)58(11,12)57(8,9)10)34-46(31-40)63-45-24-25-50-49-22-15-16-23-51(49)62(52(50)35-45)55-33-41(26-27-59-55)56(5,6)7/h13-35,37H,36H2,1-12H3. The molecule has 0 saturated carbocycles. The third-order valence-electron chi connectivity index (χ3n) is 14.0. The predicted molar refractivity (Wildman–Crippen MR) is 267 cm³/mol. The van der Waals surface area contributed by atoms with Gasteiger partial charge in [0.05, 0.1) is 22.4 Å². The van der Waals surface area contributed by atoms with E-state index in [0.717, 1.165) is 45.0 Å². The number of ether oxygens (including phenoxy) is 1. The zero-order chi connectivity index (χ0) is 44.6. The van der Waals surface area contributed by atoms with E-state index in [9.17, 15) is 0 Å². The first-order valence-electron chi connectivity index (χ1n) is 22.6. The number of aryl methyl sites for hydroxylation is 2. The normalized spacial score (nSPS) is 13.4. The van der Waals surface area contributed by atoms with Crippen LogP contribution in [0, 0.1) is 19.3 Å².